The van der Waals surface area contributed by atoms with Gasteiger partial charge in [-0.25, -0.2) is 0 Å². The van der Waals surface area contributed by atoms with Crippen molar-refractivity contribution in [1.29, 1.82) is 0 Å². The average Bonchev–Trinajstić information content (AvgIpc) is 2.91. The fourth-order valence-corrected chi connectivity index (χ4v) is 4.85. The maximum atomic E-state index is 13.9. The van der Waals surface area contributed by atoms with Gasteiger partial charge >= 0.3 is 6.18 Å². The Kier molecular flexibility index (Phi) is 7.95. The fraction of sp³-hybridized carbons (Fsp3) is 0.345. The molecule has 0 N–H and O–H groups in total. The van der Waals surface area contributed by atoms with E-state index in [2.05, 4.69) is 0 Å². The minimum absolute atomic E-state index is 0.0131. The van der Waals surface area contributed by atoms with Gasteiger partial charge in [0.1, 0.15) is 12.4 Å². The minimum Gasteiger partial charge on any atom is -0.493 e. The number of hydrogen-bond donors (Lipinski definition) is 0. The van der Waals surface area contributed by atoms with E-state index in [4.69, 9.17) is 14.2 Å². The molecule has 37 heavy (non-hydrogen) atoms. The van der Waals surface area contributed by atoms with Crippen LogP contribution in [0.4, 0.5) is 13.2 Å². The Hall–Kier alpha value is -3.68. The molecule has 0 fully saturated rings. The first-order valence-corrected chi connectivity index (χ1v) is 12.2. The molecule has 0 saturated carbocycles. The van der Waals surface area contributed by atoms with Crippen LogP contribution in [0.15, 0.2) is 66.7 Å². The first kappa shape index (κ1) is 26.4. The molecule has 2 unspecified atom stereocenters. The average molecular weight is 514 g/mol. The number of carbonyl (C=O) groups is 1. The Morgan fingerprint density at radius 1 is 1.00 bits per heavy atom. The number of methoxy groups -OCH3 is 2. The third kappa shape index (κ3) is 5.68. The van der Waals surface area contributed by atoms with E-state index in [-0.39, 0.29) is 24.2 Å². The first-order valence-electron chi connectivity index (χ1n) is 12.2. The molecule has 3 aromatic carbocycles. The zero-order chi connectivity index (χ0) is 26.6. The van der Waals surface area contributed by atoms with Crippen molar-refractivity contribution in [3.8, 4) is 17.2 Å². The third-order valence-electron chi connectivity index (χ3n) is 6.76. The summed E-state index contributed by atoms with van der Waals surface area (Å²) in [4.78, 5) is 15.7. The number of halogens is 3. The predicted molar refractivity (Wildman–Crippen MR) is 134 cm³/mol. The van der Waals surface area contributed by atoms with Crippen LogP contribution < -0.4 is 14.2 Å². The van der Waals surface area contributed by atoms with Gasteiger partial charge in [-0.3, -0.25) is 4.79 Å². The number of nitrogens with zero attached hydrogens (tertiary/aromatic N) is 1. The van der Waals surface area contributed by atoms with Crippen LogP contribution in [0.3, 0.4) is 0 Å². The molecule has 8 heteroatoms. The molecule has 1 amide bonds. The summed E-state index contributed by atoms with van der Waals surface area (Å²) in [6.07, 6.45) is -3.27. The van der Waals surface area contributed by atoms with Crippen molar-refractivity contribution >= 4 is 5.91 Å². The lowest BCUT2D eigenvalue weighted by Crippen LogP contribution is -2.44. The van der Waals surface area contributed by atoms with E-state index in [1.165, 1.54) is 19.2 Å². The summed E-state index contributed by atoms with van der Waals surface area (Å²) in [5.41, 5.74) is 1.94. The highest BCUT2D eigenvalue weighted by Crippen LogP contribution is 2.40. The maximum absolute atomic E-state index is 13.9. The van der Waals surface area contributed by atoms with E-state index >= 15 is 0 Å². The van der Waals surface area contributed by atoms with E-state index in [1.807, 2.05) is 49.4 Å². The SMILES string of the molecule is CCC(C(=O)N1CCc2cc(OC)c(OC)cc2C1COc1cccc(C(F)(F)F)c1)c1ccccc1. The minimum atomic E-state index is -4.48. The van der Waals surface area contributed by atoms with Crippen molar-refractivity contribution in [3.63, 3.8) is 0 Å². The summed E-state index contributed by atoms with van der Waals surface area (Å²) in [6, 6.07) is 17.6. The molecule has 0 aromatic heterocycles. The van der Waals surface area contributed by atoms with Crippen molar-refractivity contribution in [3.05, 3.63) is 89.0 Å². The van der Waals surface area contributed by atoms with E-state index < -0.39 is 17.8 Å². The summed E-state index contributed by atoms with van der Waals surface area (Å²) in [6.45, 7) is 2.40. The van der Waals surface area contributed by atoms with Crippen molar-refractivity contribution < 1.29 is 32.2 Å². The standard InChI is InChI=1S/C29H30F3NO4/c1-4-23(19-9-6-5-7-10-19)28(34)33-14-13-20-15-26(35-2)27(36-3)17-24(20)25(33)18-37-22-12-8-11-21(16-22)29(30,31)32/h5-12,15-17,23,25H,4,13-14,18H2,1-3H3. The van der Waals surface area contributed by atoms with E-state index in [0.717, 1.165) is 28.8 Å². The lowest BCUT2D eigenvalue weighted by molar-refractivity contribution is -0.137. The number of rotatable bonds is 8. The van der Waals surface area contributed by atoms with Crippen molar-refractivity contribution in [1.82, 2.24) is 4.90 Å². The summed E-state index contributed by atoms with van der Waals surface area (Å²) in [7, 11) is 3.09. The highest BCUT2D eigenvalue weighted by Gasteiger charge is 2.36. The zero-order valence-corrected chi connectivity index (χ0v) is 21.0. The van der Waals surface area contributed by atoms with Gasteiger partial charge in [-0.15, -0.1) is 0 Å². The molecule has 3 aromatic rings. The van der Waals surface area contributed by atoms with Crippen LogP contribution in [0.1, 0.15) is 47.6 Å². The second-order valence-electron chi connectivity index (χ2n) is 8.91. The molecule has 0 spiro atoms. The third-order valence-corrected chi connectivity index (χ3v) is 6.76. The predicted octanol–water partition coefficient (Wildman–Crippen LogP) is 6.42. The van der Waals surface area contributed by atoms with Gasteiger partial charge in [-0.2, -0.15) is 13.2 Å². The van der Waals surface area contributed by atoms with Gasteiger partial charge in [0.2, 0.25) is 5.91 Å². The largest absolute Gasteiger partial charge is 0.493 e. The molecule has 0 radical (unpaired) electrons. The molecule has 4 rings (SSSR count). The monoisotopic (exact) mass is 513 g/mol. The van der Waals surface area contributed by atoms with Crippen LogP contribution in [-0.2, 0) is 17.4 Å². The lowest BCUT2D eigenvalue weighted by Gasteiger charge is -2.39. The highest BCUT2D eigenvalue weighted by molar-refractivity contribution is 5.84. The van der Waals surface area contributed by atoms with Crippen LogP contribution in [0, 0.1) is 0 Å². The molecule has 1 heterocycles. The summed E-state index contributed by atoms with van der Waals surface area (Å²) in [5, 5.41) is 0. The Balaban J connectivity index is 1.70. The van der Waals surface area contributed by atoms with Crippen molar-refractivity contribution in [2.45, 2.75) is 37.9 Å². The Labute approximate surface area is 214 Å². The molecule has 5 nitrogen and oxygen atoms in total. The Bertz CT molecular complexity index is 1230. The van der Waals surface area contributed by atoms with E-state index in [0.29, 0.717) is 30.9 Å². The van der Waals surface area contributed by atoms with Gasteiger partial charge in [0.05, 0.1) is 31.7 Å². The molecule has 1 aliphatic heterocycles. The maximum Gasteiger partial charge on any atom is 0.416 e. The summed E-state index contributed by atoms with van der Waals surface area (Å²) in [5.74, 6) is 0.777. The molecule has 0 bridgehead atoms. The highest BCUT2D eigenvalue weighted by atomic mass is 19.4. The van der Waals surface area contributed by atoms with Crippen LogP contribution >= 0.6 is 0 Å². The molecule has 0 saturated heterocycles. The van der Waals surface area contributed by atoms with Gasteiger partial charge in [0.25, 0.3) is 0 Å². The van der Waals surface area contributed by atoms with Crippen LogP contribution in [0.25, 0.3) is 0 Å². The number of carbonyl (C=O) groups excluding carboxylic acids is 1. The van der Waals surface area contributed by atoms with E-state index in [9.17, 15) is 18.0 Å². The Morgan fingerprint density at radius 2 is 1.70 bits per heavy atom. The van der Waals surface area contributed by atoms with Gasteiger partial charge in [0.15, 0.2) is 11.5 Å². The quantitative estimate of drug-likeness (QED) is 0.349. The number of benzene rings is 3. The van der Waals surface area contributed by atoms with Gasteiger partial charge in [-0.1, -0.05) is 43.3 Å². The van der Waals surface area contributed by atoms with E-state index in [1.54, 1.807) is 12.0 Å². The van der Waals surface area contributed by atoms with Crippen molar-refractivity contribution in [2.75, 3.05) is 27.4 Å². The fourth-order valence-electron chi connectivity index (χ4n) is 4.85. The number of hydrogen-bond acceptors (Lipinski definition) is 4. The molecule has 1 aliphatic rings. The molecular weight excluding hydrogens is 483 g/mol. The summed E-state index contributed by atoms with van der Waals surface area (Å²) >= 11 is 0. The van der Waals surface area contributed by atoms with Gasteiger partial charge in [0, 0.05) is 6.54 Å². The second kappa shape index (κ2) is 11.2. The number of fused-ring (bicyclic) bond motifs is 1. The lowest BCUT2D eigenvalue weighted by atomic mass is 9.89. The number of amides is 1. The first-order chi connectivity index (χ1) is 17.8. The van der Waals surface area contributed by atoms with Gasteiger partial charge < -0.3 is 19.1 Å². The molecular formula is C29H30F3NO4. The molecule has 0 aliphatic carbocycles. The second-order valence-corrected chi connectivity index (χ2v) is 8.91. The molecule has 196 valence electrons. The number of ether oxygens (including phenoxy) is 3. The van der Waals surface area contributed by atoms with Crippen LogP contribution in [-0.4, -0.2) is 38.2 Å². The van der Waals surface area contributed by atoms with Crippen LogP contribution in [0.2, 0.25) is 0 Å². The number of alkyl halides is 3. The topological polar surface area (TPSA) is 48.0 Å². The summed E-state index contributed by atoms with van der Waals surface area (Å²) < 4.78 is 56.6. The Morgan fingerprint density at radius 3 is 2.35 bits per heavy atom. The van der Waals surface area contributed by atoms with Crippen molar-refractivity contribution in [2.24, 2.45) is 0 Å². The zero-order valence-electron chi connectivity index (χ0n) is 21.0. The smallest absolute Gasteiger partial charge is 0.416 e. The van der Waals surface area contributed by atoms with Gasteiger partial charge in [-0.05, 0) is 59.9 Å². The normalized spacial score (nSPS) is 16.1. The molecule has 2 atom stereocenters. The van der Waals surface area contributed by atoms with Crippen LogP contribution in [0.5, 0.6) is 17.2 Å².